The van der Waals surface area contributed by atoms with Crippen molar-refractivity contribution in [2.24, 2.45) is 10.9 Å². The lowest BCUT2D eigenvalue weighted by molar-refractivity contribution is 0.363. The molecule has 0 fully saturated rings. The maximum absolute atomic E-state index is 6.62. The van der Waals surface area contributed by atoms with Gasteiger partial charge in [-0.1, -0.05) is 103 Å². The molecule has 40 heavy (non-hydrogen) atoms. The van der Waals surface area contributed by atoms with Gasteiger partial charge in [-0.25, -0.2) is 9.67 Å². The van der Waals surface area contributed by atoms with Gasteiger partial charge in [-0.05, 0) is 57.0 Å². The predicted molar refractivity (Wildman–Crippen MR) is 183 cm³/mol. The second kappa shape index (κ2) is 16.3. The van der Waals surface area contributed by atoms with Crippen LogP contribution >= 0.6 is 46.8 Å². The number of nitrogens with zero attached hydrogens (tertiary/aromatic N) is 4. The highest BCUT2D eigenvalue weighted by molar-refractivity contribution is 7.80. The number of hydrogen-bond acceptors (Lipinski definition) is 4. The molecule has 8 heteroatoms. The van der Waals surface area contributed by atoms with Crippen molar-refractivity contribution in [1.29, 1.82) is 0 Å². The summed E-state index contributed by atoms with van der Waals surface area (Å²) >= 11 is 20.0. The lowest BCUT2D eigenvalue weighted by atomic mass is 10.1. The first-order valence-corrected chi connectivity index (χ1v) is 16.0. The highest BCUT2D eigenvalue weighted by atomic mass is 35.5. The summed E-state index contributed by atoms with van der Waals surface area (Å²) in [5, 5.41) is 6.10. The molecule has 1 aromatic carbocycles. The average molecular weight is 620 g/mol. The van der Waals surface area contributed by atoms with Crippen LogP contribution in [-0.4, -0.2) is 38.1 Å². The second-order valence-corrected chi connectivity index (χ2v) is 11.6. The maximum atomic E-state index is 6.62. The van der Waals surface area contributed by atoms with E-state index in [0.717, 1.165) is 44.6 Å². The molecule has 0 unspecified atom stereocenters. The van der Waals surface area contributed by atoms with Crippen LogP contribution < -0.4 is 0 Å². The first-order valence-electron chi connectivity index (χ1n) is 14.0. The molecule has 3 heterocycles. The highest BCUT2D eigenvalue weighted by Crippen LogP contribution is 2.37. The van der Waals surface area contributed by atoms with E-state index in [0.29, 0.717) is 21.0 Å². The number of rotatable bonds is 4. The van der Waals surface area contributed by atoms with Crippen molar-refractivity contribution in [3.05, 3.63) is 56.5 Å². The first-order chi connectivity index (χ1) is 19.0. The largest absolute Gasteiger partial charge is 0.346 e. The number of halogens is 2. The summed E-state index contributed by atoms with van der Waals surface area (Å²) in [5.74, 6) is 7.87. The van der Waals surface area contributed by atoms with Crippen molar-refractivity contribution in [3.8, 4) is 28.1 Å². The van der Waals surface area contributed by atoms with Gasteiger partial charge in [0.2, 0.25) is 0 Å². The van der Waals surface area contributed by atoms with Crippen LogP contribution in [0.4, 0.5) is 0 Å². The Balaban J connectivity index is 0.00000125. The number of amidine groups is 1. The lowest BCUT2D eigenvalue weighted by Gasteiger charge is -2.29. The van der Waals surface area contributed by atoms with Gasteiger partial charge in [0.1, 0.15) is 10.7 Å². The molecule has 3 aromatic rings. The summed E-state index contributed by atoms with van der Waals surface area (Å²) < 4.78 is 1.88. The van der Waals surface area contributed by atoms with Gasteiger partial charge in [-0.15, -0.1) is 11.3 Å². The van der Waals surface area contributed by atoms with Gasteiger partial charge < -0.3 is 4.90 Å². The van der Waals surface area contributed by atoms with E-state index in [1.165, 1.54) is 0 Å². The fourth-order valence-electron chi connectivity index (χ4n) is 3.63. The van der Waals surface area contributed by atoms with Crippen molar-refractivity contribution in [1.82, 2.24) is 14.7 Å². The molecule has 1 aliphatic heterocycles. The van der Waals surface area contributed by atoms with Crippen molar-refractivity contribution < 1.29 is 0 Å². The Hall–Kier alpha value is -2.17. The summed E-state index contributed by atoms with van der Waals surface area (Å²) in [5.41, 5.74) is 3.12. The minimum atomic E-state index is -0.360. The molecule has 0 radical (unpaired) electrons. The van der Waals surface area contributed by atoms with E-state index in [4.69, 9.17) is 45.5 Å². The number of aliphatic imine (C=N–C) groups is 1. The highest BCUT2D eigenvalue weighted by Gasteiger charge is 2.39. The van der Waals surface area contributed by atoms with Gasteiger partial charge in [0.05, 0.1) is 31.7 Å². The molecular formula is C32H44Cl2N4S2. The summed E-state index contributed by atoms with van der Waals surface area (Å²) in [6.45, 7) is 22.5. The summed E-state index contributed by atoms with van der Waals surface area (Å²) in [6.07, 6.45) is 0.872. The number of hydrogen-bond donors (Lipinski definition) is 0. The summed E-state index contributed by atoms with van der Waals surface area (Å²) in [6, 6.07) is 9.58. The average Bonchev–Trinajstić information content (AvgIpc) is 3.58. The molecule has 2 aromatic heterocycles. The zero-order valence-electron chi connectivity index (χ0n) is 26.0. The number of thiocarbonyl (C=S) groups is 1. The van der Waals surface area contributed by atoms with Gasteiger partial charge in [0.25, 0.3) is 0 Å². The molecule has 0 saturated carbocycles. The Morgan fingerprint density at radius 3 is 2.17 bits per heavy atom. The molecule has 0 bridgehead atoms. The van der Waals surface area contributed by atoms with Crippen LogP contribution in [0.15, 0.2) is 35.3 Å². The molecule has 0 atom stereocenters. The van der Waals surface area contributed by atoms with Crippen LogP contribution in [0.3, 0.4) is 0 Å². The van der Waals surface area contributed by atoms with E-state index < -0.39 is 0 Å². The normalized spacial score (nSPS) is 13.2. The molecular weight excluding hydrogens is 575 g/mol. The quantitative estimate of drug-likeness (QED) is 0.215. The third kappa shape index (κ3) is 7.97. The molecule has 0 aliphatic carbocycles. The fourth-order valence-corrected chi connectivity index (χ4v) is 5.31. The van der Waals surface area contributed by atoms with Crippen molar-refractivity contribution in [2.45, 2.75) is 88.1 Å². The Bertz CT molecular complexity index is 1370. The van der Waals surface area contributed by atoms with E-state index in [9.17, 15) is 0 Å². The lowest BCUT2D eigenvalue weighted by Crippen LogP contribution is -2.43. The van der Waals surface area contributed by atoms with E-state index >= 15 is 0 Å². The van der Waals surface area contributed by atoms with Gasteiger partial charge in [-0.3, -0.25) is 0 Å². The smallest absolute Gasteiger partial charge is 0.158 e. The van der Waals surface area contributed by atoms with Crippen LogP contribution in [0.1, 0.15) is 91.8 Å². The maximum Gasteiger partial charge on any atom is 0.158 e. The third-order valence-electron chi connectivity index (χ3n) is 5.92. The molecule has 1 aliphatic rings. The molecule has 0 saturated heterocycles. The monoisotopic (exact) mass is 618 g/mol. The predicted octanol–water partition coefficient (Wildman–Crippen LogP) is 10.5. The van der Waals surface area contributed by atoms with Crippen molar-refractivity contribution in [3.63, 3.8) is 0 Å². The molecule has 0 spiro atoms. The summed E-state index contributed by atoms with van der Waals surface area (Å²) in [7, 11) is 2.00. The summed E-state index contributed by atoms with van der Waals surface area (Å²) in [4.78, 5) is 9.52. The molecule has 0 amide bonds. The Morgan fingerprint density at radius 2 is 1.65 bits per heavy atom. The van der Waals surface area contributed by atoms with Crippen LogP contribution in [0, 0.1) is 24.7 Å². The number of benzene rings is 1. The van der Waals surface area contributed by atoms with Crippen LogP contribution in [-0.2, 0) is 0 Å². The third-order valence-corrected chi connectivity index (χ3v) is 8.06. The topological polar surface area (TPSA) is 33.4 Å². The Labute approximate surface area is 261 Å². The number of aromatic nitrogens is 2. The van der Waals surface area contributed by atoms with Crippen LogP contribution in [0.5, 0.6) is 0 Å². The van der Waals surface area contributed by atoms with Crippen molar-refractivity contribution in [2.75, 3.05) is 7.05 Å². The van der Waals surface area contributed by atoms with Crippen molar-refractivity contribution >= 4 is 57.6 Å². The number of thiophene rings is 1. The fraction of sp³-hybridized carbons (Fsp3) is 0.469. The molecule has 0 N–H and O–H groups in total. The molecule has 4 nitrogen and oxygen atoms in total. The molecule has 218 valence electrons. The van der Waals surface area contributed by atoms with E-state index in [2.05, 4.69) is 63.5 Å². The zero-order valence-corrected chi connectivity index (χ0v) is 29.2. The van der Waals surface area contributed by atoms with Gasteiger partial charge in [0, 0.05) is 24.1 Å². The van der Waals surface area contributed by atoms with Gasteiger partial charge >= 0.3 is 0 Å². The van der Waals surface area contributed by atoms with Gasteiger partial charge in [-0.2, -0.15) is 5.10 Å². The minimum Gasteiger partial charge on any atom is -0.346 e. The van der Waals surface area contributed by atoms with Crippen LogP contribution in [0.2, 0.25) is 10.0 Å². The van der Waals surface area contributed by atoms with E-state index in [1.54, 1.807) is 17.4 Å². The van der Waals surface area contributed by atoms with Gasteiger partial charge in [0.15, 0.2) is 5.84 Å². The Kier molecular flexibility index (Phi) is 14.6. The van der Waals surface area contributed by atoms with Crippen LogP contribution in [0.25, 0.3) is 16.3 Å². The zero-order chi connectivity index (χ0) is 30.8. The first kappa shape index (κ1) is 35.9. The number of likely N-dealkylation sites (N-methyl/N-ethyl adjacent to an activating group) is 1. The van der Waals surface area contributed by atoms with E-state index in [1.807, 2.05) is 65.4 Å². The standard InChI is InChI=1S/C26H26Cl2N4S2.3C2H6/c1-15(2)8-7-9-18-11-13-21(34-18)23-16(3)22(24-29-25(33)26(4,5)31(24)6)30-32(23)20-12-10-17(27)14-19(20)28;3*1-2/h10-15H,8H2,1-6H3;3*1-2H3. The SMILES string of the molecule is CC.CC.CC.Cc1c(C2=NC(=S)C(C)(C)N2C)nn(-c2ccc(Cl)cc2Cl)c1-c1ccc(C#CCC(C)C)s1. The minimum absolute atomic E-state index is 0.360. The van der Waals surface area contributed by atoms with E-state index in [-0.39, 0.29) is 5.54 Å². The molecule has 4 rings (SSSR count). The Morgan fingerprint density at radius 1 is 1.02 bits per heavy atom. The second-order valence-electron chi connectivity index (χ2n) is 9.25.